The number of benzene rings is 1. The summed E-state index contributed by atoms with van der Waals surface area (Å²) in [5.41, 5.74) is 0.242. The molecule has 0 radical (unpaired) electrons. The number of halogens is 3. The summed E-state index contributed by atoms with van der Waals surface area (Å²) in [6.45, 7) is 11.5. The third-order valence-corrected chi connectivity index (χ3v) is 4.40. The number of hydrogen-bond donors (Lipinski definition) is 1. The molecule has 0 saturated heterocycles. The van der Waals surface area contributed by atoms with Crippen LogP contribution < -0.4 is 14.8 Å². The Bertz CT molecular complexity index is 657. The van der Waals surface area contributed by atoms with E-state index in [1.807, 2.05) is 12.1 Å². The van der Waals surface area contributed by atoms with Gasteiger partial charge in [0.1, 0.15) is 0 Å². The topological polar surface area (TPSA) is 47.6 Å². The van der Waals surface area contributed by atoms with Gasteiger partial charge in [-0.25, -0.2) is 0 Å². The zero-order valence-corrected chi connectivity index (χ0v) is 16.9. The smallest absolute Gasteiger partial charge is 0.388 e. The van der Waals surface area contributed by atoms with E-state index in [9.17, 15) is 4.79 Å². The van der Waals surface area contributed by atoms with Gasteiger partial charge in [0.25, 0.3) is 3.79 Å². The molecule has 1 unspecified atom stereocenters. The van der Waals surface area contributed by atoms with Crippen LogP contribution in [0.3, 0.4) is 0 Å². The Balaban J connectivity index is 2.41. The first-order valence-electron chi connectivity index (χ1n) is 7.58. The van der Waals surface area contributed by atoms with Crippen LogP contribution in [0.25, 0.3) is 0 Å². The molecular formula is C17H22Cl3NO3. The van der Waals surface area contributed by atoms with Crippen molar-refractivity contribution >= 4 is 40.7 Å². The van der Waals surface area contributed by atoms with Crippen LogP contribution in [0.15, 0.2) is 18.2 Å². The summed E-state index contributed by atoms with van der Waals surface area (Å²) in [6, 6.07) is 5.50. The molecule has 24 heavy (non-hydrogen) atoms. The van der Waals surface area contributed by atoms with E-state index in [0.29, 0.717) is 11.5 Å². The van der Waals surface area contributed by atoms with E-state index in [2.05, 4.69) is 26.1 Å². The zero-order chi connectivity index (χ0) is 18.6. The van der Waals surface area contributed by atoms with Gasteiger partial charge in [-0.3, -0.25) is 10.1 Å². The van der Waals surface area contributed by atoms with E-state index in [4.69, 9.17) is 44.3 Å². The molecule has 1 heterocycles. The fourth-order valence-corrected chi connectivity index (χ4v) is 2.42. The third kappa shape index (κ3) is 3.71. The highest BCUT2D eigenvalue weighted by atomic mass is 35.6. The number of rotatable bonds is 1. The lowest BCUT2D eigenvalue weighted by Crippen LogP contribution is -2.65. The molecule has 0 bridgehead atoms. The monoisotopic (exact) mass is 393 g/mol. The average Bonchev–Trinajstić information content (AvgIpc) is 2.74. The molecule has 2 rings (SSSR count). The molecule has 1 aliphatic heterocycles. The molecule has 0 saturated carbocycles. The number of carbonyl (C=O) groups excluding carboxylic acids is 1. The molecule has 4 nitrogen and oxygen atoms in total. The molecule has 0 aliphatic carbocycles. The van der Waals surface area contributed by atoms with Gasteiger partial charge in [0.2, 0.25) is 5.91 Å². The number of fused-ring (bicyclic) bond motifs is 1. The lowest BCUT2D eigenvalue weighted by atomic mass is 9.87. The van der Waals surface area contributed by atoms with Gasteiger partial charge in [0.05, 0.1) is 0 Å². The Morgan fingerprint density at radius 2 is 1.54 bits per heavy atom. The van der Waals surface area contributed by atoms with Crippen molar-refractivity contribution < 1.29 is 14.3 Å². The van der Waals surface area contributed by atoms with Crippen LogP contribution in [0.5, 0.6) is 11.5 Å². The van der Waals surface area contributed by atoms with Crippen molar-refractivity contribution in [3.05, 3.63) is 23.8 Å². The predicted octanol–water partition coefficient (Wildman–Crippen LogP) is 4.94. The quantitative estimate of drug-likeness (QED) is 0.686. The van der Waals surface area contributed by atoms with E-state index >= 15 is 0 Å². The molecule has 0 fully saturated rings. The molecule has 1 amide bonds. The minimum Gasteiger partial charge on any atom is -0.428 e. The number of alkyl halides is 3. The van der Waals surface area contributed by atoms with E-state index in [1.165, 1.54) is 0 Å². The van der Waals surface area contributed by atoms with Crippen LogP contribution in [0.1, 0.15) is 47.1 Å². The largest absolute Gasteiger partial charge is 0.428 e. The standard InChI is InChI=1S/C17H22Cl3NO3/c1-14(2,3)10-7-8-11-12(9-10)24-17(23-11,16(18,19)20)21-13(22)15(4,5)6/h7-9H,1-6H3,(H,21,22). The summed E-state index contributed by atoms with van der Waals surface area (Å²) in [4.78, 5) is 12.4. The SMILES string of the molecule is CC(C)(C)C(=O)NC1(C(Cl)(Cl)Cl)Oc2ccc(C(C)(C)C)cc2O1. The van der Waals surface area contributed by atoms with E-state index in [-0.39, 0.29) is 11.3 Å². The number of amides is 1. The first-order valence-corrected chi connectivity index (χ1v) is 8.71. The third-order valence-electron chi connectivity index (χ3n) is 3.65. The molecule has 0 spiro atoms. The van der Waals surface area contributed by atoms with Gasteiger partial charge in [-0.05, 0) is 23.1 Å². The molecule has 1 aromatic rings. The van der Waals surface area contributed by atoms with Crippen molar-refractivity contribution in [2.45, 2.75) is 56.7 Å². The zero-order valence-electron chi connectivity index (χ0n) is 14.6. The molecule has 1 atom stereocenters. The second-order valence-corrected chi connectivity index (χ2v) is 10.2. The van der Waals surface area contributed by atoms with Gasteiger partial charge >= 0.3 is 5.91 Å². The van der Waals surface area contributed by atoms with Gasteiger partial charge in [-0.2, -0.15) is 0 Å². The van der Waals surface area contributed by atoms with Crippen molar-refractivity contribution in [2.24, 2.45) is 5.41 Å². The van der Waals surface area contributed by atoms with Crippen molar-refractivity contribution in [1.82, 2.24) is 5.32 Å². The minimum atomic E-state index is -2.03. The number of nitrogens with one attached hydrogen (secondary N) is 1. The van der Waals surface area contributed by atoms with Crippen molar-refractivity contribution in [2.75, 3.05) is 0 Å². The summed E-state index contributed by atoms with van der Waals surface area (Å²) in [5, 5.41) is 2.60. The fourth-order valence-electron chi connectivity index (χ4n) is 2.04. The minimum absolute atomic E-state index is 0.0850. The normalized spacial score (nSPS) is 20.9. The molecule has 7 heteroatoms. The first-order chi connectivity index (χ1) is 10.7. The van der Waals surface area contributed by atoms with Gasteiger partial charge in [-0.1, -0.05) is 82.4 Å². The maximum atomic E-state index is 12.4. The van der Waals surface area contributed by atoms with Crippen molar-refractivity contribution in [3.63, 3.8) is 0 Å². The maximum Gasteiger partial charge on any atom is 0.388 e. The van der Waals surface area contributed by atoms with Crippen molar-refractivity contribution in [1.29, 1.82) is 0 Å². The molecule has 1 aliphatic rings. The van der Waals surface area contributed by atoms with Gasteiger partial charge < -0.3 is 9.47 Å². The van der Waals surface area contributed by atoms with Crippen LogP contribution in [-0.2, 0) is 10.2 Å². The van der Waals surface area contributed by atoms with E-state index < -0.39 is 15.1 Å². The predicted molar refractivity (Wildman–Crippen MR) is 97.0 cm³/mol. The Morgan fingerprint density at radius 3 is 2.00 bits per heavy atom. The fraction of sp³-hybridized carbons (Fsp3) is 0.588. The lowest BCUT2D eigenvalue weighted by Gasteiger charge is -2.35. The molecule has 1 N–H and O–H groups in total. The molecular weight excluding hydrogens is 373 g/mol. The highest BCUT2D eigenvalue weighted by Crippen LogP contribution is 2.49. The number of hydrogen-bond acceptors (Lipinski definition) is 3. The summed E-state index contributed by atoms with van der Waals surface area (Å²) < 4.78 is 9.52. The van der Waals surface area contributed by atoms with Crippen LogP contribution in [-0.4, -0.2) is 15.6 Å². The van der Waals surface area contributed by atoms with Crippen LogP contribution >= 0.6 is 34.8 Å². The highest BCUT2D eigenvalue weighted by Gasteiger charge is 2.60. The van der Waals surface area contributed by atoms with Crippen molar-refractivity contribution in [3.8, 4) is 11.5 Å². The summed E-state index contributed by atoms with van der Waals surface area (Å²) in [6.07, 6.45) is 0. The Morgan fingerprint density at radius 1 is 1.00 bits per heavy atom. The number of carbonyl (C=O) groups is 1. The summed E-state index contributed by atoms with van der Waals surface area (Å²) >= 11 is 18.2. The molecule has 134 valence electrons. The van der Waals surface area contributed by atoms with Gasteiger partial charge in [0.15, 0.2) is 11.5 Å². The molecule has 0 aromatic heterocycles. The van der Waals surface area contributed by atoms with Crippen LogP contribution in [0.2, 0.25) is 0 Å². The average molecular weight is 395 g/mol. The molecule has 1 aromatic carbocycles. The van der Waals surface area contributed by atoms with Gasteiger partial charge in [-0.15, -0.1) is 0 Å². The van der Waals surface area contributed by atoms with Crippen LogP contribution in [0, 0.1) is 5.41 Å². The Hall–Kier alpha value is -0.840. The Kier molecular flexibility index (Phi) is 4.75. The van der Waals surface area contributed by atoms with Gasteiger partial charge in [0, 0.05) is 5.41 Å². The highest BCUT2D eigenvalue weighted by molar-refractivity contribution is 6.68. The first kappa shape index (κ1) is 19.5. The maximum absolute atomic E-state index is 12.4. The van der Waals surface area contributed by atoms with E-state index in [1.54, 1.807) is 26.8 Å². The lowest BCUT2D eigenvalue weighted by molar-refractivity contribution is -0.151. The Labute approximate surface area is 157 Å². The van der Waals surface area contributed by atoms with Crippen LogP contribution in [0.4, 0.5) is 0 Å². The number of ether oxygens (including phenoxy) is 2. The second kappa shape index (κ2) is 5.86. The second-order valence-electron chi connectivity index (χ2n) is 7.93. The summed E-state index contributed by atoms with van der Waals surface area (Å²) in [7, 11) is 0. The van der Waals surface area contributed by atoms with E-state index in [0.717, 1.165) is 5.56 Å². The summed E-state index contributed by atoms with van der Waals surface area (Å²) in [5.74, 6) is -1.45.